The van der Waals surface area contributed by atoms with Gasteiger partial charge in [-0.05, 0) is 48.9 Å². The van der Waals surface area contributed by atoms with E-state index >= 15 is 0 Å². The fourth-order valence-corrected chi connectivity index (χ4v) is 3.82. The van der Waals surface area contributed by atoms with E-state index in [1.165, 1.54) is 23.4 Å². The number of hydrogen-bond donors (Lipinski definition) is 1. The molecule has 0 amide bonds. The first-order valence-electron chi connectivity index (χ1n) is 6.91. The van der Waals surface area contributed by atoms with Gasteiger partial charge in [-0.1, -0.05) is 28.1 Å². The van der Waals surface area contributed by atoms with Crippen LogP contribution in [-0.2, 0) is 6.54 Å². The first kappa shape index (κ1) is 14.1. The topological polar surface area (TPSA) is 23.5 Å². The summed E-state index contributed by atoms with van der Waals surface area (Å²) in [7, 11) is 0. The van der Waals surface area contributed by atoms with E-state index in [1.54, 1.807) is 6.92 Å². The molecule has 1 heterocycles. The third kappa shape index (κ3) is 3.08. The third-order valence-corrected chi connectivity index (χ3v) is 5.21. The minimum Gasteiger partial charge on any atom is -0.389 e. The maximum atomic E-state index is 9.72. The Morgan fingerprint density at radius 2 is 2.20 bits per heavy atom. The zero-order valence-corrected chi connectivity index (χ0v) is 13.8. The molecule has 2 nitrogen and oxygen atoms in total. The fourth-order valence-electron chi connectivity index (χ4n) is 2.42. The van der Waals surface area contributed by atoms with Crippen molar-refractivity contribution >= 4 is 33.0 Å². The molecule has 0 saturated heterocycles. The highest BCUT2D eigenvalue weighted by atomic mass is 79.9. The van der Waals surface area contributed by atoms with Gasteiger partial charge >= 0.3 is 0 Å². The van der Waals surface area contributed by atoms with E-state index in [2.05, 4.69) is 50.5 Å². The highest BCUT2D eigenvalue weighted by Gasteiger charge is 2.29. The number of benzene rings is 1. The summed E-state index contributed by atoms with van der Waals surface area (Å²) in [6.07, 6.45) is 2.12. The predicted octanol–water partition coefficient (Wildman–Crippen LogP) is 4.73. The van der Waals surface area contributed by atoms with Crippen LogP contribution in [0.4, 0.5) is 5.69 Å². The molecule has 1 saturated carbocycles. The van der Waals surface area contributed by atoms with Crippen molar-refractivity contribution in [3.05, 3.63) is 50.6 Å². The molecule has 1 aromatic heterocycles. The van der Waals surface area contributed by atoms with E-state index in [4.69, 9.17) is 0 Å². The second kappa shape index (κ2) is 5.88. The number of hydrogen-bond acceptors (Lipinski definition) is 3. The molecule has 1 aromatic carbocycles. The Hall–Kier alpha value is -0.840. The van der Waals surface area contributed by atoms with Crippen molar-refractivity contribution in [2.75, 3.05) is 4.90 Å². The summed E-state index contributed by atoms with van der Waals surface area (Å²) in [4.78, 5) is 3.87. The summed E-state index contributed by atoms with van der Waals surface area (Å²) >= 11 is 5.39. The van der Waals surface area contributed by atoms with E-state index in [0.29, 0.717) is 6.04 Å². The average Bonchev–Trinajstić information content (AvgIpc) is 3.12. The molecular weight excluding hydrogens is 334 g/mol. The minimum absolute atomic E-state index is 0.440. The van der Waals surface area contributed by atoms with Crippen LogP contribution in [0.1, 0.15) is 36.3 Å². The Kier molecular flexibility index (Phi) is 4.15. The van der Waals surface area contributed by atoms with E-state index < -0.39 is 6.10 Å². The Morgan fingerprint density at radius 1 is 1.40 bits per heavy atom. The molecule has 3 rings (SSSR count). The highest BCUT2D eigenvalue weighted by Crippen LogP contribution is 2.36. The lowest BCUT2D eigenvalue weighted by Crippen LogP contribution is -2.24. The monoisotopic (exact) mass is 351 g/mol. The highest BCUT2D eigenvalue weighted by molar-refractivity contribution is 9.10. The largest absolute Gasteiger partial charge is 0.389 e. The predicted molar refractivity (Wildman–Crippen MR) is 88.3 cm³/mol. The van der Waals surface area contributed by atoms with Crippen LogP contribution in [0.3, 0.4) is 0 Å². The summed E-state index contributed by atoms with van der Waals surface area (Å²) < 4.78 is 0.988. The number of aliphatic hydroxyl groups is 1. The Balaban J connectivity index is 1.86. The summed E-state index contributed by atoms with van der Waals surface area (Å²) in [5, 5.41) is 11.9. The zero-order chi connectivity index (χ0) is 14.1. The van der Waals surface area contributed by atoms with Gasteiger partial charge in [0.05, 0.1) is 12.6 Å². The molecule has 1 fully saturated rings. The molecule has 1 N–H and O–H groups in total. The third-order valence-electron chi connectivity index (χ3n) is 3.66. The van der Waals surface area contributed by atoms with Gasteiger partial charge in [-0.2, -0.15) is 0 Å². The van der Waals surface area contributed by atoms with Crippen molar-refractivity contribution in [3.63, 3.8) is 0 Å². The van der Waals surface area contributed by atoms with E-state index in [0.717, 1.165) is 16.6 Å². The van der Waals surface area contributed by atoms with Crippen molar-refractivity contribution in [2.45, 2.75) is 38.5 Å². The van der Waals surface area contributed by atoms with Crippen LogP contribution in [0.5, 0.6) is 0 Å². The van der Waals surface area contributed by atoms with Crippen LogP contribution in [0.25, 0.3) is 0 Å². The molecule has 0 radical (unpaired) electrons. The quantitative estimate of drug-likeness (QED) is 0.841. The molecule has 20 heavy (non-hydrogen) atoms. The van der Waals surface area contributed by atoms with Crippen LogP contribution >= 0.6 is 27.3 Å². The Bertz CT molecular complexity index is 578. The molecule has 0 bridgehead atoms. The van der Waals surface area contributed by atoms with Gasteiger partial charge in [-0.3, -0.25) is 0 Å². The number of anilines is 1. The van der Waals surface area contributed by atoms with Gasteiger partial charge in [0.25, 0.3) is 0 Å². The van der Waals surface area contributed by atoms with Crippen LogP contribution in [0.2, 0.25) is 0 Å². The maximum absolute atomic E-state index is 9.72. The lowest BCUT2D eigenvalue weighted by Gasteiger charge is -2.25. The Morgan fingerprint density at radius 3 is 2.75 bits per heavy atom. The average molecular weight is 352 g/mol. The van der Waals surface area contributed by atoms with E-state index in [-0.39, 0.29) is 0 Å². The van der Waals surface area contributed by atoms with Crippen molar-refractivity contribution in [1.29, 1.82) is 0 Å². The smallest absolute Gasteiger partial charge is 0.0772 e. The number of thiophene rings is 1. The fraction of sp³-hybridized carbons (Fsp3) is 0.375. The summed E-state index contributed by atoms with van der Waals surface area (Å²) in [6.45, 7) is 2.77. The van der Waals surface area contributed by atoms with Crippen LogP contribution in [0, 0.1) is 0 Å². The molecule has 1 aliphatic rings. The molecule has 2 aromatic rings. The Labute approximate surface area is 132 Å². The molecular formula is C16H18BrNOS. The maximum Gasteiger partial charge on any atom is 0.0772 e. The lowest BCUT2D eigenvalue weighted by atomic mass is 10.1. The molecule has 0 unspecified atom stereocenters. The molecule has 1 aliphatic carbocycles. The molecule has 0 spiro atoms. The van der Waals surface area contributed by atoms with Gasteiger partial charge in [0, 0.05) is 21.1 Å². The second-order valence-corrected chi connectivity index (χ2v) is 7.21. The van der Waals surface area contributed by atoms with Crippen LogP contribution in [0.15, 0.2) is 40.2 Å². The number of nitrogens with zero attached hydrogens (tertiary/aromatic N) is 1. The van der Waals surface area contributed by atoms with Crippen molar-refractivity contribution in [1.82, 2.24) is 0 Å². The SMILES string of the molecule is C[C@H](O)c1ccc(N(Cc2cccs2)C2CC2)cc1Br. The minimum atomic E-state index is -0.440. The van der Waals surface area contributed by atoms with E-state index in [9.17, 15) is 5.11 Å². The summed E-state index contributed by atoms with van der Waals surface area (Å²) in [5.41, 5.74) is 2.18. The van der Waals surface area contributed by atoms with Crippen LogP contribution in [-0.4, -0.2) is 11.1 Å². The first-order chi connectivity index (χ1) is 9.65. The molecule has 4 heteroatoms. The van der Waals surface area contributed by atoms with Gasteiger partial charge in [-0.25, -0.2) is 0 Å². The van der Waals surface area contributed by atoms with Gasteiger partial charge in [0.15, 0.2) is 0 Å². The van der Waals surface area contributed by atoms with Gasteiger partial charge in [-0.15, -0.1) is 11.3 Å². The number of halogens is 1. The molecule has 0 aliphatic heterocycles. The van der Waals surface area contributed by atoms with Crippen molar-refractivity contribution < 1.29 is 5.11 Å². The molecule has 106 valence electrons. The molecule has 1 atom stereocenters. The van der Waals surface area contributed by atoms with Crippen molar-refractivity contribution in [2.24, 2.45) is 0 Å². The zero-order valence-electron chi connectivity index (χ0n) is 11.4. The number of aliphatic hydroxyl groups excluding tert-OH is 1. The summed E-state index contributed by atoms with van der Waals surface area (Å²) in [5.74, 6) is 0. The lowest BCUT2D eigenvalue weighted by molar-refractivity contribution is 0.198. The number of rotatable bonds is 5. The van der Waals surface area contributed by atoms with Gasteiger partial charge < -0.3 is 10.0 Å². The summed E-state index contributed by atoms with van der Waals surface area (Å²) in [6, 6.07) is 11.2. The van der Waals surface area contributed by atoms with Crippen LogP contribution < -0.4 is 4.90 Å². The first-order valence-corrected chi connectivity index (χ1v) is 8.59. The normalized spacial score (nSPS) is 16.1. The van der Waals surface area contributed by atoms with Crippen molar-refractivity contribution in [3.8, 4) is 0 Å². The van der Waals surface area contributed by atoms with E-state index in [1.807, 2.05) is 17.4 Å². The standard InChI is InChI=1S/C16H18BrNOS/c1-11(19)15-7-6-13(9-16(15)17)18(12-4-5-12)10-14-3-2-8-20-14/h2-3,6-9,11-12,19H,4-5,10H2,1H3/t11-/m0/s1. The van der Waals surface area contributed by atoms with Gasteiger partial charge in [0.2, 0.25) is 0 Å². The second-order valence-electron chi connectivity index (χ2n) is 5.32. The van der Waals surface area contributed by atoms with Gasteiger partial charge in [0.1, 0.15) is 0 Å².